The van der Waals surface area contributed by atoms with Crippen LogP contribution in [0.1, 0.15) is 29.3 Å². The van der Waals surface area contributed by atoms with E-state index in [0.29, 0.717) is 12.5 Å². The van der Waals surface area contributed by atoms with Crippen LogP contribution >= 0.6 is 11.6 Å². The number of alkyl halides is 3. The summed E-state index contributed by atoms with van der Waals surface area (Å²) in [5.74, 6) is -0.717. The van der Waals surface area contributed by atoms with Crippen LogP contribution < -0.4 is 0 Å². The van der Waals surface area contributed by atoms with Crippen LogP contribution in [0.4, 0.5) is 13.2 Å². The topological polar surface area (TPSA) is 26.3 Å². The van der Waals surface area contributed by atoms with Crippen molar-refractivity contribution in [1.29, 1.82) is 0 Å². The average molecular weight is 267 g/mol. The number of hydrogen-bond acceptors (Lipinski definition) is 2. The molecule has 0 spiro atoms. The van der Waals surface area contributed by atoms with E-state index in [-0.39, 0.29) is 17.2 Å². The smallest absolute Gasteiger partial charge is 0.416 e. The molecule has 0 saturated heterocycles. The minimum Gasteiger partial charge on any atom is -0.462 e. The Balaban J connectivity index is 2.94. The summed E-state index contributed by atoms with van der Waals surface area (Å²) in [7, 11) is 0. The van der Waals surface area contributed by atoms with Gasteiger partial charge in [0.2, 0.25) is 0 Å². The fraction of sp³-hybridized carbons (Fsp3) is 0.364. The van der Waals surface area contributed by atoms with Gasteiger partial charge in [0.05, 0.1) is 22.8 Å². The molecule has 0 fully saturated rings. The maximum atomic E-state index is 12.3. The molecule has 94 valence electrons. The van der Waals surface area contributed by atoms with Crippen LogP contribution in [-0.2, 0) is 10.9 Å². The van der Waals surface area contributed by atoms with Crippen molar-refractivity contribution in [3.63, 3.8) is 0 Å². The Morgan fingerprint density at radius 1 is 1.41 bits per heavy atom. The van der Waals surface area contributed by atoms with Gasteiger partial charge in [-0.05, 0) is 24.6 Å². The van der Waals surface area contributed by atoms with E-state index >= 15 is 0 Å². The second kappa shape index (κ2) is 5.40. The molecular formula is C11H10ClF3O2. The predicted octanol–water partition coefficient (Wildman–Crippen LogP) is 3.93. The third kappa shape index (κ3) is 3.63. The number of benzene rings is 1. The summed E-state index contributed by atoms with van der Waals surface area (Å²) in [6.45, 7) is 2.01. The summed E-state index contributed by atoms with van der Waals surface area (Å²) >= 11 is 5.61. The Labute approximate surface area is 101 Å². The largest absolute Gasteiger partial charge is 0.462 e. The molecule has 1 rings (SSSR count). The zero-order valence-corrected chi connectivity index (χ0v) is 9.73. The molecule has 0 aromatic heterocycles. The lowest BCUT2D eigenvalue weighted by Gasteiger charge is -2.09. The summed E-state index contributed by atoms with van der Waals surface area (Å²) in [5.41, 5.74) is -0.956. The van der Waals surface area contributed by atoms with Gasteiger partial charge in [-0.3, -0.25) is 0 Å². The zero-order valence-electron chi connectivity index (χ0n) is 8.97. The van der Waals surface area contributed by atoms with Crippen molar-refractivity contribution >= 4 is 17.6 Å². The first kappa shape index (κ1) is 13.8. The van der Waals surface area contributed by atoms with Crippen LogP contribution in [0, 0.1) is 0 Å². The van der Waals surface area contributed by atoms with Crippen LogP contribution in [0.15, 0.2) is 18.2 Å². The van der Waals surface area contributed by atoms with Crippen LogP contribution in [0.3, 0.4) is 0 Å². The number of hydrogen-bond donors (Lipinski definition) is 0. The molecular weight excluding hydrogens is 257 g/mol. The molecule has 0 unspecified atom stereocenters. The SMILES string of the molecule is CCCOC(=O)c1ccc(C(F)(F)F)cc1Cl. The Morgan fingerprint density at radius 2 is 2.06 bits per heavy atom. The Kier molecular flexibility index (Phi) is 4.40. The lowest BCUT2D eigenvalue weighted by Crippen LogP contribution is -2.09. The van der Waals surface area contributed by atoms with E-state index in [4.69, 9.17) is 16.3 Å². The number of carbonyl (C=O) groups excluding carboxylic acids is 1. The van der Waals surface area contributed by atoms with Crippen molar-refractivity contribution in [2.75, 3.05) is 6.61 Å². The highest BCUT2D eigenvalue weighted by molar-refractivity contribution is 6.33. The van der Waals surface area contributed by atoms with E-state index < -0.39 is 17.7 Å². The van der Waals surface area contributed by atoms with Gasteiger partial charge >= 0.3 is 12.1 Å². The summed E-state index contributed by atoms with van der Waals surface area (Å²) in [4.78, 5) is 11.4. The molecule has 0 atom stereocenters. The van der Waals surface area contributed by atoms with Crippen LogP contribution in [0.2, 0.25) is 5.02 Å². The second-order valence-corrected chi connectivity index (χ2v) is 3.74. The van der Waals surface area contributed by atoms with Gasteiger partial charge in [-0.15, -0.1) is 0 Å². The maximum absolute atomic E-state index is 12.3. The van der Waals surface area contributed by atoms with Gasteiger partial charge in [0.1, 0.15) is 0 Å². The molecule has 1 aromatic carbocycles. The lowest BCUT2D eigenvalue weighted by molar-refractivity contribution is -0.137. The monoisotopic (exact) mass is 266 g/mol. The fourth-order valence-electron chi connectivity index (χ4n) is 1.13. The normalized spacial score (nSPS) is 11.4. The molecule has 0 saturated carbocycles. The standard InChI is InChI=1S/C11H10ClF3O2/c1-2-5-17-10(16)8-4-3-7(6-9(8)12)11(13,14)15/h3-4,6H,2,5H2,1H3. The number of esters is 1. The first-order valence-corrected chi connectivity index (χ1v) is 5.28. The fourth-order valence-corrected chi connectivity index (χ4v) is 1.39. The third-order valence-corrected chi connectivity index (χ3v) is 2.27. The van der Waals surface area contributed by atoms with E-state index in [2.05, 4.69) is 0 Å². The van der Waals surface area contributed by atoms with Gasteiger partial charge in [0, 0.05) is 0 Å². The minimum absolute atomic E-state index is 0.0619. The van der Waals surface area contributed by atoms with Crippen molar-refractivity contribution in [3.05, 3.63) is 34.3 Å². The summed E-state index contributed by atoms with van der Waals surface area (Å²) in [6.07, 6.45) is -3.85. The van der Waals surface area contributed by atoms with E-state index in [0.717, 1.165) is 12.1 Å². The van der Waals surface area contributed by atoms with Gasteiger partial charge in [0.15, 0.2) is 0 Å². The second-order valence-electron chi connectivity index (χ2n) is 3.33. The van der Waals surface area contributed by atoms with Crippen LogP contribution in [0.25, 0.3) is 0 Å². The summed E-state index contributed by atoms with van der Waals surface area (Å²) in [5, 5.41) is -0.263. The van der Waals surface area contributed by atoms with Crippen LogP contribution in [-0.4, -0.2) is 12.6 Å². The number of ether oxygens (including phenoxy) is 1. The zero-order chi connectivity index (χ0) is 13.1. The van der Waals surface area contributed by atoms with Gasteiger partial charge in [-0.2, -0.15) is 13.2 Å². The Hall–Kier alpha value is -1.23. The van der Waals surface area contributed by atoms with Crippen LogP contribution in [0.5, 0.6) is 0 Å². The predicted molar refractivity (Wildman–Crippen MR) is 57.0 cm³/mol. The molecule has 0 aliphatic rings. The molecule has 0 aliphatic heterocycles. The highest BCUT2D eigenvalue weighted by atomic mass is 35.5. The van der Waals surface area contributed by atoms with Crippen molar-refractivity contribution in [1.82, 2.24) is 0 Å². The van der Waals surface area contributed by atoms with Crippen molar-refractivity contribution in [2.24, 2.45) is 0 Å². The van der Waals surface area contributed by atoms with Crippen molar-refractivity contribution in [3.8, 4) is 0 Å². The van der Waals surface area contributed by atoms with Gasteiger partial charge in [0.25, 0.3) is 0 Å². The first-order chi connectivity index (χ1) is 7.86. The van der Waals surface area contributed by atoms with Gasteiger partial charge in [-0.1, -0.05) is 18.5 Å². The molecule has 2 nitrogen and oxygen atoms in total. The molecule has 0 radical (unpaired) electrons. The molecule has 1 aromatic rings. The molecule has 0 aliphatic carbocycles. The average Bonchev–Trinajstić information content (AvgIpc) is 2.24. The molecule has 0 heterocycles. The van der Waals surface area contributed by atoms with Crippen molar-refractivity contribution < 1.29 is 22.7 Å². The summed E-state index contributed by atoms with van der Waals surface area (Å²) in [6, 6.07) is 2.53. The quantitative estimate of drug-likeness (QED) is 0.775. The Bertz CT molecular complexity index is 416. The molecule has 0 N–H and O–H groups in total. The van der Waals surface area contributed by atoms with Crippen molar-refractivity contribution in [2.45, 2.75) is 19.5 Å². The van der Waals surface area contributed by atoms with E-state index in [1.807, 2.05) is 6.92 Å². The highest BCUT2D eigenvalue weighted by Crippen LogP contribution is 2.32. The number of carbonyl (C=O) groups is 1. The Morgan fingerprint density at radius 3 is 2.53 bits per heavy atom. The molecule has 6 heteroatoms. The lowest BCUT2D eigenvalue weighted by atomic mass is 10.1. The molecule has 17 heavy (non-hydrogen) atoms. The molecule has 0 bridgehead atoms. The third-order valence-electron chi connectivity index (χ3n) is 1.95. The first-order valence-electron chi connectivity index (χ1n) is 4.90. The maximum Gasteiger partial charge on any atom is 0.416 e. The summed E-state index contributed by atoms with van der Waals surface area (Å²) < 4.78 is 41.8. The van der Waals surface area contributed by atoms with E-state index in [1.54, 1.807) is 0 Å². The highest BCUT2D eigenvalue weighted by Gasteiger charge is 2.31. The van der Waals surface area contributed by atoms with E-state index in [1.165, 1.54) is 0 Å². The van der Waals surface area contributed by atoms with Gasteiger partial charge < -0.3 is 4.74 Å². The van der Waals surface area contributed by atoms with E-state index in [9.17, 15) is 18.0 Å². The number of halogens is 4. The van der Waals surface area contributed by atoms with Gasteiger partial charge in [-0.25, -0.2) is 4.79 Å². The molecule has 0 amide bonds. The minimum atomic E-state index is -4.48. The number of rotatable bonds is 3.